The number of allylic oxidation sites excluding steroid dienone is 1. The predicted octanol–water partition coefficient (Wildman–Crippen LogP) is 5.81. The molecule has 14 heteroatoms. The van der Waals surface area contributed by atoms with Gasteiger partial charge in [-0.2, -0.15) is 5.48 Å². The smallest absolute Gasteiger partial charge is 0.408 e. The molecule has 0 bridgehead atoms. The summed E-state index contributed by atoms with van der Waals surface area (Å²) < 4.78 is 13.7. The van der Waals surface area contributed by atoms with E-state index < -0.39 is 53.1 Å². The van der Waals surface area contributed by atoms with E-state index >= 15 is 0 Å². The summed E-state index contributed by atoms with van der Waals surface area (Å²) in [5.74, 6) is -1.19. The first-order valence-corrected chi connectivity index (χ1v) is 18.5. The lowest BCUT2D eigenvalue weighted by Crippen LogP contribution is -2.58. The minimum absolute atomic E-state index is 0.0860. The first kappa shape index (κ1) is 35.6. The number of hydroxylamine groups is 1. The molecule has 4 amide bonds. The zero-order valence-electron chi connectivity index (χ0n) is 28.3. The molecule has 0 unspecified atom stereocenters. The summed E-state index contributed by atoms with van der Waals surface area (Å²) in [6.45, 7) is 5.35. The van der Waals surface area contributed by atoms with E-state index in [1.165, 1.54) is 16.2 Å². The van der Waals surface area contributed by atoms with E-state index in [9.17, 15) is 19.2 Å². The van der Waals surface area contributed by atoms with Crippen LogP contribution in [0.1, 0.15) is 65.7 Å². The molecule has 2 aromatic carbocycles. The third-order valence-corrected chi connectivity index (χ3v) is 10.3. The van der Waals surface area contributed by atoms with Gasteiger partial charge in [0.25, 0.3) is 11.1 Å². The van der Waals surface area contributed by atoms with Crippen molar-refractivity contribution in [3.63, 3.8) is 0 Å². The first-order chi connectivity index (χ1) is 23.9. The second-order valence-electron chi connectivity index (χ2n) is 14.0. The van der Waals surface area contributed by atoms with Gasteiger partial charge in [-0.3, -0.25) is 14.4 Å². The molecule has 1 aromatic heterocycles. The molecule has 1 saturated heterocycles. The Morgan fingerprint density at radius 1 is 1.10 bits per heavy atom. The van der Waals surface area contributed by atoms with Crippen LogP contribution in [0.15, 0.2) is 65.2 Å². The van der Waals surface area contributed by atoms with Crippen molar-refractivity contribution in [2.45, 2.75) is 95.0 Å². The van der Waals surface area contributed by atoms with Crippen molar-refractivity contribution in [3.8, 4) is 10.9 Å². The standard InChI is InChI=1S/C36H42BrN5O7S/c1-35(2,3)48-33(46)38-27-15-11-6-4-5-8-12-22-20-36(22,32(45)41-49-24-13-9-7-10-14-24)40-30(43)28-19-25(21-42(28)31(27)44)47-34-39-26-17-16-23(37)18-29(26)50-34/h7-10,12-14,16-18,22,25,27-28H,4-6,11,15,19-21H2,1-3H3,(H,38,46)(H,40,43)(H,41,45)/t22-,25-,27+,28+,36-/m1/s1. The summed E-state index contributed by atoms with van der Waals surface area (Å²) in [4.78, 5) is 66.8. The summed E-state index contributed by atoms with van der Waals surface area (Å²) in [7, 11) is 0. The predicted molar refractivity (Wildman–Crippen MR) is 191 cm³/mol. The van der Waals surface area contributed by atoms with Crippen LogP contribution in [0, 0.1) is 5.92 Å². The second kappa shape index (κ2) is 15.0. The minimum atomic E-state index is -1.26. The van der Waals surface area contributed by atoms with Gasteiger partial charge in [-0.05, 0) is 76.8 Å². The third-order valence-electron chi connectivity index (χ3n) is 8.94. The maximum absolute atomic E-state index is 14.3. The molecule has 1 saturated carbocycles. The van der Waals surface area contributed by atoms with Crippen LogP contribution in [0.3, 0.4) is 0 Å². The van der Waals surface area contributed by atoms with Gasteiger partial charge < -0.3 is 29.8 Å². The number of thiazole rings is 1. The molecule has 3 aliphatic rings. The van der Waals surface area contributed by atoms with Gasteiger partial charge >= 0.3 is 6.09 Å². The molecule has 266 valence electrons. The Balaban J connectivity index is 1.27. The van der Waals surface area contributed by atoms with Crippen molar-refractivity contribution in [1.29, 1.82) is 0 Å². The molecule has 2 aliphatic heterocycles. The van der Waals surface area contributed by atoms with Crippen molar-refractivity contribution < 1.29 is 33.5 Å². The topological polar surface area (TPSA) is 148 Å². The Morgan fingerprint density at radius 2 is 1.90 bits per heavy atom. The van der Waals surface area contributed by atoms with Gasteiger partial charge in [-0.1, -0.05) is 70.5 Å². The Morgan fingerprint density at radius 3 is 2.68 bits per heavy atom. The Labute approximate surface area is 303 Å². The number of hydrogen-bond acceptors (Lipinski definition) is 9. The molecule has 3 aromatic rings. The van der Waals surface area contributed by atoms with Crippen molar-refractivity contribution in [3.05, 3.63) is 65.2 Å². The van der Waals surface area contributed by atoms with Gasteiger partial charge in [0.2, 0.25) is 11.8 Å². The van der Waals surface area contributed by atoms with E-state index in [4.69, 9.17) is 14.3 Å². The van der Waals surface area contributed by atoms with E-state index in [2.05, 4.69) is 37.0 Å². The molecule has 0 radical (unpaired) electrons. The number of fused-ring (bicyclic) bond motifs is 3. The number of halogens is 1. The van der Waals surface area contributed by atoms with Gasteiger partial charge in [0.15, 0.2) is 5.75 Å². The van der Waals surface area contributed by atoms with Crippen molar-refractivity contribution in [2.24, 2.45) is 5.92 Å². The van der Waals surface area contributed by atoms with Crippen molar-refractivity contribution >= 4 is 61.3 Å². The van der Waals surface area contributed by atoms with Crippen molar-refractivity contribution in [2.75, 3.05) is 6.54 Å². The van der Waals surface area contributed by atoms with Crippen LogP contribution in [0.5, 0.6) is 10.9 Å². The van der Waals surface area contributed by atoms with Gasteiger partial charge in [-0.15, -0.1) is 0 Å². The summed E-state index contributed by atoms with van der Waals surface area (Å²) >= 11 is 4.86. The first-order valence-electron chi connectivity index (χ1n) is 16.9. The average Bonchev–Trinajstić information content (AvgIpc) is 3.37. The van der Waals surface area contributed by atoms with Crippen LogP contribution < -0.4 is 25.7 Å². The SMILES string of the molecule is CC(C)(C)OC(=O)N[C@H]1CCCCCC=C[C@@H]2C[C@@]2(C(=O)NOc2ccccc2)NC(=O)[C@@H]2C[C@@H](Oc3nc4ccc(Br)cc4s3)CN2C1=O. The number of alkyl carbamates (subject to hydrolysis) is 1. The fourth-order valence-electron chi connectivity index (χ4n) is 6.37. The van der Waals surface area contributed by atoms with Gasteiger partial charge in [0.1, 0.15) is 29.3 Å². The number of nitrogens with zero attached hydrogens (tertiary/aromatic N) is 2. The highest BCUT2D eigenvalue weighted by Crippen LogP contribution is 2.45. The van der Waals surface area contributed by atoms with Crippen LogP contribution in [-0.2, 0) is 19.1 Å². The molecule has 3 N–H and O–H groups in total. The third kappa shape index (κ3) is 8.58. The molecule has 6 rings (SSSR count). The number of para-hydroxylation sites is 1. The minimum Gasteiger partial charge on any atom is -0.465 e. The fraction of sp³-hybridized carbons (Fsp3) is 0.472. The highest BCUT2D eigenvalue weighted by molar-refractivity contribution is 9.10. The molecule has 2 fully saturated rings. The number of rotatable bonds is 6. The number of carbonyl (C=O) groups is 4. The van der Waals surface area contributed by atoms with E-state index in [0.717, 1.165) is 34.0 Å². The van der Waals surface area contributed by atoms with E-state index in [-0.39, 0.29) is 18.9 Å². The summed E-state index contributed by atoms with van der Waals surface area (Å²) in [6, 6.07) is 12.7. The maximum Gasteiger partial charge on any atom is 0.408 e. The molecular formula is C36H42BrN5O7S. The molecule has 3 heterocycles. The zero-order valence-corrected chi connectivity index (χ0v) is 30.7. The van der Waals surface area contributed by atoms with Gasteiger partial charge in [-0.25, -0.2) is 9.78 Å². The number of aromatic nitrogens is 1. The van der Waals surface area contributed by atoms with Crippen LogP contribution in [-0.4, -0.2) is 69.6 Å². The summed E-state index contributed by atoms with van der Waals surface area (Å²) in [5, 5.41) is 6.19. The highest BCUT2D eigenvalue weighted by atomic mass is 79.9. The maximum atomic E-state index is 14.3. The number of nitrogens with one attached hydrogen (secondary N) is 3. The molecule has 50 heavy (non-hydrogen) atoms. The lowest BCUT2D eigenvalue weighted by atomic mass is 10.0. The number of amides is 4. The van der Waals surface area contributed by atoms with Crippen molar-refractivity contribution in [1.82, 2.24) is 26.0 Å². The van der Waals surface area contributed by atoms with Crippen LogP contribution in [0.25, 0.3) is 10.2 Å². The van der Waals surface area contributed by atoms with Crippen LogP contribution >= 0.6 is 27.3 Å². The van der Waals surface area contributed by atoms with Gasteiger partial charge in [0.05, 0.1) is 16.8 Å². The average molecular weight is 769 g/mol. The molecule has 5 atom stereocenters. The van der Waals surface area contributed by atoms with Crippen LogP contribution in [0.2, 0.25) is 0 Å². The number of ether oxygens (including phenoxy) is 2. The highest BCUT2D eigenvalue weighted by Gasteiger charge is 2.61. The Kier molecular flexibility index (Phi) is 10.7. The van der Waals surface area contributed by atoms with E-state index in [0.29, 0.717) is 30.2 Å². The van der Waals surface area contributed by atoms with E-state index in [1.54, 1.807) is 45.0 Å². The number of hydrogen-bond donors (Lipinski definition) is 3. The molecule has 12 nitrogen and oxygen atoms in total. The molecule has 1 aliphatic carbocycles. The Bertz CT molecular complexity index is 1760. The normalized spacial score (nSPS) is 25.7. The summed E-state index contributed by atoms with van der Waals surface area (Å²) in [5.41, 5.74) is 1.28. The monoisotopic (exact) mass is 767 g/mol. The van der Waals surface area contributed by atoms with Crippen LogP contribution in [0.4, 0.5) is 4.79 Å². The zero-order chi connectivity index (χ0) is 35.5. The van der Waals surface area contributed by atoms with E-state index in [1.807, 2.05) is 36.4 Å². The second-order valence-corrected chi connectivity index (χ2v) is 15.9. The number of carbonyl (C=O) groups excluding carboxylic acids is 4. The molecular weight excluding hydrogens is 726 g/mol. The largest absolute Gasteiger partial charge is 0.465 e. The molecule has 0 spiro atoms. The number of benzene rings is 2. The quantitative estimate of drug-likeness (QED) is 0.211. The Hall–Kier alpha value is -4.17. The summed E-state index contributed by atoms with van der Waals surface area (Å²) in [6.07, 6.45) is 6.79. The van der Waals surface area contributed by atoms with Gasteiger partial charge in [0, 0.05) is 16.8 Å². The lowest BCUT2D eigenvalue weighted by Gasteiger charge is -2.30. The fourth-order valence-corrected chi connectivity index (χ4v) is 7.80. The lowest BCUT2D eigenvalue weighted by molar-refractivity contribution is -0.142.